The van der Waals surface area contributed by atoms with Crippen molar-refractivity contribution in [2.75, 3.05) is 6.54 Å². The maximum Gasteiger partial charge on any atom is 0.306 e. The topological polar surface area (TPSA) is 69.6 Å². The van der Waals surface area contributed by atoms with Crippen molar-refractivity contribution in [3.05, 3.63) is 0 Å². The number of aliphatic carboxylic acids is 1. The summed E-state index contributed by atoms with van der Waals surface area (Å²) in [6.45, 7) is 0.629. The first kappa shape index (κ1) is 12.8. The van der Waals surface area contributed by atoms with Crippen molar-refractivity contribution in [2.24, 2.45) is 5.92 Å². The first-order valence-electron chi connectivity index (χ1n) is 6.78. The van der Waals surface area contributed by atoms with Crippen LogP contribution in [0.4, 0.5) is 0 Å². The Bertz CT molecular complexity index is 274. The molecular weight excluding hydrogens is 218 g/mol. The lowest BCUT2D eigenvalue weighted by molar-refractivity contribution is -0.143. The van der Waals surface area contributed by atoms with E-state index in [1.54, 1.807) is 0 Å². The van der Waals surface area contributed by atoms with Crippen molar-refractivity contribution in [1.82, 2.24) is 5.32 Å². The highest BCUT2D eigenvalue weighted by atomic mass is 16.4. The molecule has 2 fully saturated rings. The molecule has 0 aromatic carbocycles. The van der Waals surface area contributed by atoms with E-state index in [1.807, 2.05) is 0 Å². The second-order valence-electron chi connectivity index (χ2n) is 5.71. The van der Waals surface area contributed by atoms with Gasteiger partial charge in [0.2, 0.25) is 0 Å². The summed E-state index contributed by atoms with van der Waals surface area (Å²) >= 11 is 0. The maximum atomic E-state index is 10.9. The summed E-state index contributed by atoms with van der Waals surface area (Å²) in [5.74, 6) is -0.865. The lowest BCUT2D eigenvalue weighted by Crippen LogP contribution is -2.45. The van der Waals surface area contributed by atoms with Crippen LogP contribution in [0.3, 0.4) is 0 Å². The summed E-state index contributed by atoms with van der Waals surface area (Å²) < 4.78 is 0. The Hall–Kier alpha value is -0.610. The molecule has 2 unspecified atom stereocenters. The Labute approximate surface area is 102 Å². The molecule has 0 spiro atoms. The van der Waals surface area contributed by atoms with Crippen molar-refractivity contribution in [3.63, 3.8) is 0 Å². The monoisotopic (exact) mass is 241 g/mol. The van der Waals surface area contributed by atoms with Gasteiger partial charge in [-0.1, -0.05) is 19.3 Å². The molecule has 0 heterocycles. The van der Waals surface area contributed by atoms with E-state index in [4.69, 9.17) is 5.11 Å². The smallest absolute Gasteiger partial charge is 0.306 e. The minimum atomic E-state index is -0.670. The zero-order valence-corrected chi connectivity index (χ0v) is 10.3. The van der Waals surface area contributed by atoms with E-state index in [0.717, 1.165) is 44.9 Å². The third-order valence-electron chi connectivity index (χ3n) is 4.28. The molecule has 2 rings (SSSR count). The summed E-state index contributed by atoms with van der Waals surface area (Å²) in [4.78, 5) is 10.9. The number of carboxylic acids is 1. The molecule has 2 aliphatic rings. The molecule has 0 amide bonds. The molecule has 2 aliphatic carbocycles. The van der Waals surface area contributed by atoms with Crippen LogP contribution in [-0.2, 0) is 4.79 Å². The minimum Gasteiger partial charge on any atom is -0.481 e. The van der Waals surface area contributed by atoms with Gasteiger partial charge in [0.05, 0.1) is 11.5 Å². The van der Waals surface area contributed by atoms with E-state index < -0.39 is 11.6 Å². The van der Waals surface area contributed by atoms with Gasteiger partial charge in [-0.05, 0) is 32.1 Å². The fourth-order valence-corrected chi connectivity index (χ4v) is 3.14. The highest BCUT2D eigenvalue weighted by Crippen LogP contribution is 2.30. The van der Waals surface area contributed by atoms with Crippen LogP contribution in [0.1, 0.15) is 51.4 Å². The molecule has 98 valence electrons. The van der Waals surface area contributed by atoms with Gasteiger partial charge in [-0.3, -0.25) is 4.79 Å². The first-order chi connectivity index (χ1) is 8.09. The standard InChI is InChI=1S/C13H23NO3/c15-12(16)10-4-3-5-11(8-10)14-9-13(17)6-1-2-7-13/h10-11,14,17H,1-9H2,(H,15,16). The number of rotatable bonds is 4. The van der Waals surface area contributed by atoms with Crippen molar-refractivity contribution in [2.45, 2.75) is 63.0 Å². The van der Waals surface area contributed by atoms with Gasteiger partial charge in [0.15, 0.2) is 0 Å². The van der Waals surface area contributed by atoms with Gasteiger partial charge in [-0.15, -0.1) is 0 Å². The van der Waals surface area contributed by atoms with E-state index in [1.165, 1.54) is 0 Å². The summed E-state index contributed by atoms with van der Waals surface area (Å²) in [6.07, 6.45) is 7.53. The molecule has 17 heavy (non-hydrogen) atoms. The minimum absolute atomic E-state index is 0.195. The van der Waals surface area contributed by atoms with Gasteiger partial charge >= 0.3 is 5.97 Å². The zero-order chi connectivity index (χ0) is 12.3. The molecule has 0 saturated heterocycles. The van der Waals surface area contributed by atoms with Crippen LogP contribution in [0, 0.1) is 5.92 Å². The van der Waals surface area contributed by atoms with Crippen LogP contribution >= 0.6 is 0 Å². The van der Waals surface area contributed by atoms with E-state index in [2.05, 4.69) is 5.32 Å². The fraction of sp³-hybridized carbons (Fsp3) is 0.923. The lowest BCUT2D eigenvalue weighted by atomic mass is 9.85. The average Bonchev–Trinajstić information content (AvgIpc) is 2.75. The Morgan fingerprint density at radius 1 is 1.24 bits per heavy atom. The number of hydrogen-bond donors (Lipinski definition) is 3. The summed E-state index contributed by atoms with van der Waals surface area (Å²) in [5, 5.41) is 22.6. The van der Waals surface area contributed by atoms with Gasteiger partial charge in [0, 0.05) is 12.6 Å². The Balaban J connectivity index is 1.77. The summed E-state index contributed by atoms with van der Waals surface area (Å²) in [6, 6.07) is 0.273. The second kappa shape index (κ2) is 5.36. The largest absolute Gasteiger partial charge is 0.481 e. The number of carboxylic acid groups (broad SMARTS) is 1. The number of hydrogen-bond acceptors (Lipinski definition) is 3. The van der Waals surface area contributed by atoms with Crippen LogP contribution < -0.4 is 5.32 Å². The van der Waals surface area contributed by atoms with Crippen LogP contribution in [0.2, 0.25) is 0 Å². The van der Waals surface area contributed by atoms with Crippen molar-refractivity contribution in [3.8, 4) is 0 Å². The van der Waals surface area contributed by atoms with Crippen LogP contribution in [0.5, 0.6) is 0 Å². The second-order valence-corrected chi connectivity index (χ2v) is 5.71. The van der Waals surface area contributed by atoms with Gasteiger partial charge in [-0.25, -0.2) is 0 Å². The molecule has 4 heteroatoms. The lowest BCUT2D eigenvalue weighted by Gasteiger charge is -2.31. The van der Waals surface area contributed by atoms with Crippen LogP contribution in [-0.4, -0.2) is 34.4 Å². The highest BCUT2D eigenvalue weighted by Gasteiger charge is 2.33. The van der Waals surface area contributed by atoms with Crippen molar-refractivity contribution in [1.29, 1.82) is 0 Å². The first-order valence-corrected chi connectivity index (χ1v) is 6.78. The van der Waals surface area contributed by atoms with E-state index >= 15 is 0 Å². The van der Waals surface area contributed by atoms with Crippen molar-refractivity contribution < 1.29 is 15.0 Å². The summed E-state index contributed by atoms with van der Waals surface area (Å²) in [5.41, 5.74) is -0.532. The number of nitrogens with one attached hydrogen (secondary N) is 1. The van der Waals surface area contributed by atoms with Gasteiger partial charge in [0.1, 0.15) is 0 Å². The van der Waals surface area contributed by atoms with Crippen LogP contribution in [0.15, 0.2) is 0 Å². The molecule has 0 bridgehead atoms. The number of aliphatic hydroxyl groups is 1. The molecule has 0 aliphatic heterocycles. The average molecular weight is 241 g/mol. The quantitative estimate of drug-likeness (QED) is 0.698. The molecule has 0 aromatic rings. The van der Waals surface area contributed by atoms with Gasteiger partial charge in [0.25, 0.3) is 0 Å². The Morgan fingerprint density at radius 2 is 1.94 bits per heavy atom. The molecule has 3 N–H and O–H groups in total. The predicted octanol–water partition coefficient (Wildman–Crippen LogP) is 1.52. The Kier molecular flexibility index (Phi) is 4.05. The highest BCUT2D eigenvalue weighted by molar-refractivity contribution is 5.70. The molecule has 0 radical (unpaired) electrons. The molecule has 0 aromatic heterocycles. The van der Waals surface area contributed by atoms with Gasteiger partial charge in [-0.2, -0.15) is 0 Å². The maximum absolute atomic E-state index is 10.9. The number of carbonyl (C=O) groups is 1. The molecule has 4 nitrogen and oxygen atoms in total. The van der Waals surface area contributed by atoms with E-state index in [-0.39, 0.29) is 12.0 Å². The third-order valence-corrected chi connectivity index (χ3v) is 4.28. The zero-order valence-electron chi connectivity index (χ0n) is 10.3. The predicted molar refractivity (Wildman–Crippen MR) is 64.8 cm³/mol. The SMILES string of the molecule is O=C(O)C1CCCC(NCC2(O)CCCC2)C1. The molecule has 2 atom stereocenters. The van der Waals surface area contributed by atoms with Gasteiger partial charge < -0.3 is 15.5 Å². The molecular formula is C13H23NO3. The van der Waals surface area contributed by atoms with Crippen LogP contribution in [0.25, 0.3) is 0 Å². The fourth-order valence-electron chi connectivity index (χ4n) is 3.14. The van der Waals surface area contributed by atoms with E-state index in [9.17, 15) is 9.90 Å². The van der Waals surface area contributed by atoms with Crippen molar-refractivity contribution >= 4 is 5.97 Å². The normalized spacial score (nSPS) is 32.5. The van der Waals surface area contributed by atoms with E-state index in [0.29, 0.717) is 13.0 Å². The third kappa shape index (κ3) is 3.42. The summed E-state index contributed by atoms with van der Waals surface area (Å²) in [7, 11) is 0. The molecule has 2 saturated carbocycles. The Morgan fingerprint density at radius 3 is 2.59 bits per heavy atom.